The molecule has 1 atom stereocenters. The fraction of sp³-hybridized carbons (Fsp3) is 0.481. The summed E-state index contributed by atoms with van der Waals surface area (Å²) in [5, 5.41) is 4.25. The molecular formula is C27H34F2N4O3. The molecule has 9 heteroatoms. The highest BCUT2D eigenvalue weighted by Crippen LogP contribution is 2.40. The fourth-order valence-corrected chi connectivity index (χ4v) is 4.97. The topological polar surface area (TPSA) is 91.5 Å². The van der Waals surface area contributed by atoms with Crippen molar-refractivity contribution < 1.29 is 23.0 Å². The first-order chi connectivity index (χ1) is 17.1. The number of nitrogens with two attached hydrogens (primary N) is 1. The van der Waals surface area contributed by atoms with Gasteiger partial charge in [-0.1, -0.05) is 0 Å². The van der Waals surface area contributed by atoms with E-state index in [9.17, 15) is 8.78 Å². The van der Waals surface area contributed by atoms with E-state index in [1.807, 2.05) is 13.8 Å². The summed E-state index contributed by atoms with van der Waals surface area (Å²) < 4.78 is 45.5. The number of nitrogen functional groups attached to an aromatic ring is 1. The average Bonchev–Trinajstić information content (AvgIpc) is 2.83. The molecule has 1 aliphatic rings. The summed E-state index contributed by atoms with van der Waals surface area (Å²) >= 11 is 0. The van der Waals surface area contributed by atoms with Crippen molar-refractivity contribution in [2.24, 2.45) is 0 Å². The summed E-state index contributed by atoms with van der Waals surface area (Å²) in [6.45, 7) is 6.32. The summed E-state index contributed by atoms with van der Waals surface area (Å²) in [7, 11) is 2.98. The van der Waals surface area contributed by atoms with Crippen molar-refractivity contribution >= 4 is 22.4 Å². The number of alkyl halides is 2. The SMILES string of the molecule is COCC(F)(F)c1cc(N)cc([C@@H](C)Nc2nc(C)nc3cc(C)c(C4(OC)CCOCC4)cc23)c1. The maximum absolute atomic E-state index is 14.6. The Kier molecular flexibility index (Phi) is 7.45. The zero-order chi connectivity index (χ0) is 26.1. The zero-order valence-corrected chi connectivity index (χ0v) is 21.5. The highest BCUT2D eigenvalue weighted by Gasteiger charge is 2.36. The molecule has 36 heavy (non-hydrogen) atoms. The number of methoxy groups -OCH3 is 2. The van der Waals surface area contributed by atoms with E-state index in [0.717, 1.165) is 34.9 Å². The highest BCUT2D eigenvalue weighted by molar-refractivity contribution is 5.90. The van der Waals surface area contributed by atoms with Gasteiger partial charge in [-0.3, -0.25) is 0 Å². The number of fused-ring (bicyclic) bond motifs is 1. The Morgan fingerprint density at radius 3 is 2.50 bits per heavy atom. The molecule has 3 aromatic rings. The van der Waals surface area contributed by atoms with Crippen LogP contribution in [-0.4, -0.2) is 44.0 Å². The van der Waals surface area contributed by atoms with Gasteiger partial charge in [0.05, 0.1) is 17.2 Å². The third kappa shape index (κ3) is 5.14. The molecule has 1 aliphatic heterocycles. The molecule has 0 saturated carbocycles. The molecule has 2 heterocycles. The quantitative estimate of drug-likeness (QED) is 0.401. The number of aryl methyl sites for hydroxylation is 2. The van der Waals surface area contributed by atoms with Gasteiger partial charge in [0.25, 0.3) is 5.92 Å². The molecule has 0 amide bonds. The van der Waals surface area contributed by atoms with Crippen LogP contribution in [0.3, 0.4) is 0 Å². The lowest BCUT2D eigenvalue weighted by Crippen LogP contribution is -2.36. The second-order valence-electron chi connectivity index (χ2n) is 9.51. The van der Waals surface area contributed by atoms with Crippen LogP contribution < -0.4 is 11.1 Å². The third-order valence-electron chi connectivity index (χ3n) is 6.91. The molecular weight excluding hydrogens is 466 g/mol. The Hall–Kier alpha value is -2.88. The second kappa shape index (κ2) is 10.2. The first-order valence-electron chi connectivity index (χ1n) is 12.0. The maximum Gasteiger partial charge on any atom is 0.296 e. The summed E-state index contributed by atoms with van der Waals surface area (Å²) in [6.07, 6.45) is 1.51. The average molecular weight is 501 g/mol. The third-order valence-corrected chi connectivity index (χ3v) is 6.91. The molecule has 0 spiro atoms. The van der Waals surface area contributed by atoms with E-state index in [4.69, 9.17) is 19.9 Å². The van der Waals surface area contributed by atoms with Crippen LogP contribution in [0, 0.1) is 13.8 Å². The van der Waals surface area contributed by atoms with E-state index in [2.05, 4.69) is 34.3 Å². The highest BCUT2D eigenvalue weighted by atomic mass is 19.3. The number of aromatic nitrogens is 2. The summed E-state index contributed by atoms with van der Waals surface area (Å²) in [6, 6.07) is 8.22. The van der Waals surface area contributed by atoms with Gasteiger partial charge in [0.2, 0.25) is 0 Å². The van der Waals surface area contributed by atoms with Crippen molar-refractivity contribution in [3.63, 3.8) is 0 Å². The van der Waals surface area contributed by atoms with Gasteiger partial charge in [-0.15, -0.1) is 0 Å². The van der Waals surface area contributed by atoms with Gasteiger partial charge in [-0.25, -0.2) is 9.97 Å². The van der Waals surface area contributed by atoms with Crippen LogP contribution in [0.25, 0.3) is 10.9 Å². The van der Waals surface area contributed by atoms with Crippen molar-refractivity contribution in [3.8, 4) is 0 Å². The first-order valence-corrected chi connectivity index (χ1v) is 12.0. The van der Waals surface area contributed by atoms with E-state index in [-0.39, 0.29) is 17.3 Å². The van der Waals surface area contributed by atoms with Gasteiger partial charge in [0.15, 0.2) is 0 Å². The molecule has 2 aromatic carbocycles. The van der Waals surface area contributed by atoms with E-state index in [0.29, 0.717) is 30.4 Å². The normalized spacial score (nSPS) is 16.8. The lowest BCUT2D eigenvalue weighted by molar-refractivity contribution is -0.0950. The number of halogens is 2. The molecule has 0 radical (unpaired) electrons. The minimum Gasteiger partial charge on any atom is -0.399 e. The predicted octanol–water partition coefficient (Wildman–Crippen LogP) is 5.39. The number of hydrogen-bond donors (Lipinski definition) is 2. The van der Waals surface area contributed by atoms with Crippen molar-refractivity contribution in [1.82, 2.24) is 9.97 Å². The monoisotopic (exact) mass is 500 g/mol. The molecule has 1 aromatic heterocycles. The van der Waals surface area contributed by atoms with Crippen molar-refractivity contribution in [2.45, 2.75) is 51.2 Å². The minimum atomic E-state index is -3.15. The molecule has 7 nitrogen and oxygen atoms in total. The number of nitrogens with one attached hydrogen (secondary N) is 1. The van der Waals surface area contributed by atoms with Gasteiger partial charge >= 0.3 is 0 Å². The summed E-state index contributed by atoms with van der Waals surface area (Å²) in [5.41, 5.74) is 9.21. The number of benzene rings is 2. The smallest absolute Gasteiger partial charge is 0.296 e. The molecule has 0 unspecified atom stereocenters. The molecule has 3 N–H and O–H groups in total. The van der Waals surface area contributed by atoms with Gasteiger partial charge < -0.3 is 25.3 Å². The number of hydrogen-bond acceptors (Lipinski definition) is 7. The fourth-order valence-electron chi connectivity index (χ4n) is 4.97. The zero-order valence-electron chi connectivity index (χ0n) is 21.5. The summed E-state index contributed by atoms with van der Waals surface area (Å²) in [4.78, 5) is 9.31. The Bertz CT molecular complexity index is 1250. The van der Waals surface area contributed by atoms with Gasteiger partial charge in [-0.2, -0.15) is 8.78 Å². The van der Waals surface area contributed by atoms with E-state index < -0.39 is 18.1 Å². The Morgan fingerprint density at radius 1 is 1.11 bits per heavy atom. The van der Waals surface area contributed by atoms with Crippen molar-refractivity contribution in [1.29, 1.82) is 0 Å². The molecule has 4 rings (SSSR count). The standard InChI is InChI=1S/C27H34F2N4O3/c1-16-10-24-22(14-23(16)26(35-5)6-8-36-9-7-26)25(33-18(3)32-24)31-17(2)19-11-20(13-21(30)12-19)27(28,29)15-34-4/h10-14,17H,6-9,15,30H2,1-5H3,(H,31,32,33)/t17-/m1/s1. The predicted molar refractivity (Wildman–Crippen MR) is 136 cm³/mol. The first kappa shape index (κ1) is 26.2. The molecule has 0 aliphatic carbocycles. The van der Waals surface area contributed by atoms with Crippen LogP contribution in [0.5, 0.6) is 0 Å². The van der Waals surface area contributed by atoms with Crippen molar-refractivity contribution in [2.75, 3.05) is 45.1 Å². The number of nitrogens with zero attached hydrogens (tertiary/aromatic N) is 2. The second-order valence-corrected chi connectivity index (χ2v) is 9.51. The lowest BCUT2D eigenvalue weighted by Gasteiger charge is -2.37. The number of anilines is 2. The van der Waals surface area contributed by atoms with Gasteiger partial charge in [-0.05, 0) is 67.8 Å². The minimum absolute atomic E-state index is 0.184. The van der Waals surface area contributed by atoms with Crippen LogP contribution in [0.2, 0.25) is 0 Å². The Labute approximate surface area is 210 Å². The lowest BCUT2D eigenvalue weighted by atomic mass is 9.83. The van der Waals surface area contributed by atoms with E-state index in [1.54, 1.807) is 13.2 Å². The van der Waals surface area contributed by atoms with E-state index >= 15 is 0 Å². The van der Waals surface area contributed by atoms with Crippen LogP contribution in [0.15, 0.2) is 30.3 Å². The maximum atomic E-state index is 14.6. The largest absolute Gasteiger partial charge is 0.399 e. The Balaban J connectivity index is 1.75. The Morgan fingerprint density at radius 2 is 1.83 bits per heavy atom. The van der Waals surface area contributed by atoms with E-state index in [1.165, 1.54) is 19.2 Å². The molecule has 0 bridgehead atoms. The van der Waals surface area contributed by atoms with Gasteiger partial charge in [0.1, 0.15) is 18.2 Å². The number of rotatable bonds is 8. The number of ether oxygens (including phenoxy) is 3. The molecule has 1 saturated heterocycles. The van der Waals surface area contributed by atoms with Crippen LogP contribution >= 0.6 is 0 Å². The summed E-state index contributed by atoms with van der Waals surface area (Å²) in [5.74, 6) is -1.92. The van der Waals surface area contributed by atoms with Crippen molar-refractivity contribution in [3.05, 3.63) is 58.4 Å². The van der Waals surface area contributed by atoms with Crippen LogP contribution in [-0.2, 0) is 25.7 Å². The molecule has 194 valence electrons. The molecule has 1 fully saturated rings. The van der Waals surface area contributed by atoms with Crippen LogP contribution in [0.1, 0.15) is 53.9 Å². The van der Waals surface area contributed by atoms with Gasteiger partial charge in [0, 0.05) is 56.9 Å². The van der Waals surface area contributed by atoms with Crippen LogP contribution in [0.4, 0.5) is 20.3 Å².